The molecule has 3 rings (SSSR count). The fourth-order valence-corrected chi connectivity index (χ4v) is 3.30. The molecule has 1 aromatic carbocycles. The van der Waals surface area contributed by atoms with Gasteiger partial charge in [0.1, 0.15) is 0 Å². The Morgan fingerprint density at radius 2 is 2.00 bits per heavy atom. The monoisotopic (exact) mass is 338 g/mol. The van der Waals surface area contributed by atoms with E-state index < -0.39 is 16.2 Å². The van der Waals surface area contributed by atoms with Gasteiger partial charge in [-0.05, 0) is 40.2 Å². The third-order valence-electron chi connectivity index (χ3n) is 2.60. The quantitative estimate of drug-likeness (QED) is 0.721. The first-order valence-electron chi connectivity index (χ1n) is 6.36. The van der Waals surface area contributed by atoms with Gasteiger partial charge in [0, 0.05) is 22.2 Å². The van der Waals surface area contributed by atoms with Crippen LogP contribution in [0.4, 0.5) is 0 Å². The van der Waals surface area contributed by atoms with Crippen LogP contribution < -0.4 is 0 Å². The zero-order chi connectivity index (χ0) is 15.2. The van der Waals surface area contributed by atoms with Gasteiger partial charge >= 0.3 is 0 Å². The molecule has 0 saturated heterocycles. The molecule has 6 heteroatoms. The van der Waals surface area contributed by atoms with Crippen LogP contribution in [-0.4, -0.2) is 17.4 Å². The molecule has 2 heterocycles. The van der Waals surface area contributed by atoms with E-state index in [1.165, 1.54) is 18.3 Å². The highest BCUT2D eigenvalue weighted by Gasteiger charge is 2.19. The Kier molecular flexibility index (Phi) is 2.39. The summed E-state index contributed by atoms with van der Waals surface area (Å²) in [7, 11) is -3.96. The second-order valence-corrected chi connectivity index (χ2v) is 6.55. The highest BCUT2D eigenvalue weighted by atomic mass is 79.9. The predicted molar refractivity (Wildman–Crippen MR) is 76.5 cm³/mol. The van der Waals surface area contributed by atoms with Crippen molar-refractivity contribution in [2.75, 3.05) is 0 Å². The van der Waals surface area contributed by atoms with Crippen LogP contribution in [0.2, 0.25) is 0 Å². The molecule has 0 aliphatic heterocycles. The van der Waals surface area contributed by atoms with E-state index in [4.69, 9.17) is 2.74 Å². The highest BCUT2D eigenvalue weighted by molar-refractivity contribution is 9.10. The average Bonchev–Trinajstić information content (AvgIpc) is 2.72. The zero-order valence-corrected chi connectivity index (χ0v) is 11.9. The summed E-state index contributed by atoms with van der Waals surface area (Å²) < 4.78 is 42.6. The lowest BCUT2D eigenvalue weighted by atomic mass is 10.3. The molecule has 0 N–H and O–H groups in total. The van der Waals surface area contributed by atoms with E-state index in [-0.39, 0.29) is 16.6 Å². The van der Waals surface area contributed by atoms with E-state index in [1.54, 1.807) is 24.3 Å². The minimum Gasteiger partial charge on any atom is -0.236 e. The van der Waals surface area contributed by atoms with Crippen LogP contribution >= 0.6 is 15.9 Å². The first-order chi connectivity index (χ1) is 9.93. The normalized spacial score (nSPS) is 13.3. The number of pyridine rings is 1. The van der Waals surface area contributed by atoms with E-state index in [0.29, 0.717) is 9.86 Å². The van der Waals surface area contributed by atoms with Crippen molar-refractivity contribution in [2.24, 2.45) is 0 Å². The maximum absolute atomic E-state index is 12.7. The van der Waals surface area contributed by atoms with Crippen LogP contribution in [0.3, 0.4) is 0 Å². The average molecular weight is 339 g/mol. The number of nitrogens with zero attached hydrogens (tertiary/aromatic N) is 2. The molecule has 0 atom stereocenters. The molecule has 96 valence electrons. The highest BCUT2D eigenvalue weighted by Crippen LogP contribution is 2.22. The molecule has 0 saturated carbocycles. The fraction of sp³-hybridized carbons (Fsp3) is 0. The summed E-state index contributed by atoms with van der Waals surface area (Å²) in [6, 6.07) is 9.23. The first kappa shape index (κ1) is 10.2. The molecular weight excluding hydrogens is 328 g/mol. The summed E-state index contributed by atoms with van der Waals surface area (Å²) in [5.74, 6) is 0. The SMILES string of the molecule is [2H]c1c([2H])n(S(=O)(=O)c2ccccc2)c2ncc(Br)cc12. The van der Waals surface area contributed by atoms with Crippen LogP contribution in [0.15, 0.2) is 64.2 Å². The topological polar surface area (TPSA) is 52.0 Å². The summed E-state index contributed by atoms with van der Waals surface area (Å²) >= 11 is 3.23. The van der Waals surface area contributed by atoms with E-state index in [1.807, 2.05) is 0 Å². The molecule has 0 fully saturated rings. The lowest BCUT2D eigenvalue weighted by Crippen LogP contribution is -2.12. The summed E-state index contributed by atoms with van der Waals surface area (Å²) in [6.45, 7) is 0. The van der Waals surface area contributed by atoms with Crippen molar-refractivity contribution in [2.45, 2.75) is 4.90 Å². The Hall–Kier alpha value is -1.66. The number of hydrogen-bond donors (Lipinski definition) is 0. The van der Waals surface area contributed by atoms with Gasteiger partial charge in [-0.2, -0.15) is 0 Å². The fourth-order valence-electron chi connectivity index (χ4n) is 1.72. The van der Waals surface area contributed by atoms with Crippen molar-refractivity contribution in [3.8, 4) is 0 Å². The molecule has 0 bridgehead atoms. The molecule has 0 unspecified atom stereocenters. The van der Waals surface area contributed by atoms with E-state index in [9.17, 15) is 8.42 Å². The molecular formula is C13H9BrN2O2S. The van der Waals surface area contributed by atoms with Crippen molar-refractivity contribution in [3.63, 3.8) is 0 Å². The van der Waals surface area contributed by atoms with Gasteiger partial charge < -0.3 is 0 Å². The number of hydrogen-bond acceptors (Lipinski definition) is 3. The van der Waals surface area contributed by atoms with Crippen molar-refractivity contribution in [1.29, 1.82) is 0 Å². The maximum atomic E-state index is 12.7. The van der Waals surface area contributed by atoms with E-state index in [2.05, 4.69) is 20.9 Å². The summed E-state index contributed by atoms with van der Waals surface area (Å²) in [4.78, 5) is 4.11. The van der Waals surface area contributed by atoms with Gasteiger partial charge in [-0.3, -0.25) is 0 Å². The Labute approximate surface area is 121 Å². The van der Waals surface area contributed by atoms with Crippen molar-refractivity contribution < 1.29 is 11.2 Å². The summed E-state index contributed by atoms with van der Waals surface area (Å²) in [5, 5.41) is 0.314. The van der Waals surface area contributed by atoms with Crippen LogP contribution in [0.5, 0.6) is 0 Å². The molecule has 0 radical (unpaired) electrons. The molecule has 3 aromatic rings. The van der Waals surface area contributed by atoms with Crippen LogP contribution in [0.1, 0.15) is 2.74 Å². The second-order valence-electron chi connectivity index (χ2n) is 3.84. The molecule has 19 heavy (non-hydrogen) atoms. The van der Waals surface area contributed by atoms with Crippen LogP contribution in [0, 0.1) is 0 Å². The smallest absolute Gasteiger partial charge is 0.236 e. The van der Waals surface area contributed by atoms with Gasteiger partial charge in [-0.25, -0.2) is 17.4 Å². The largest absolute Gasteiger partial charge is 0.269 e. The summed E-state index contributed by atoms with van der Waals surface area (Å²) in [6.07, 6.45) is 1.04. The van der Waals surface area contributed by atoms with Crippen molar-refractivity contribution in [1.82, 2.24) is 8.96 Å². The number of fused-ring (bicyclic) bond motifs is 1. The van der Waals surface area contributed by atoms with Crippen molar-refractivity contribution >= 4 is 37.0 Å². The third kappa shape index (κ3) is 2.06. The van der Waals surface area contributed by atoms with Crippen LogP contribution in [0.25, 0.3) is 11.0 Å². The van der Waals surface area contributed by atoms with Crippen LogP contribution in [-0.2, 0) is 10.0 Å². The summed E-state index contributed by atoms with van der Waals surface area (Å²) in [5.41, 5.74) is 0.0806. The number of rotatable bonds is 2. The standard InChI is InChI=1S/C13H9BrN2O2S/c14-11-8-10-6-7-16(13(10)15-9-11)19(17,18)12-4-2-1-3-5-12/h1-9H/i6D,7D. The Morgan fingerprint density at radius 3 is 2.74 bits per heavy atom. The van der Waals surface area contributed by atoms with Gasteiger partial charge in [0.05, 0.1) is 7.64 Å². The number of benzene rings is 1. The van der Waals surface area contributed by atoms with Gasteiger partial charge in [-0.1, -0.05) is 18.2 Å². The van der Waals surface area contributed by atoms with Gasteiger partial charge in [0.2, 0.25) is 0 Å². The molecule has 0 aliphatic carbocycles. The van der Waals surface area contributed by atoms with Gasteiger partial charge in [-0.15, -0.1) is 0 Å². The Bertz CT molecular complexity index is 940. The minimum atomic E-state index is -3.96. The Balaban J connectivity index is 2.39. The maximum Gasteiger partial charge on any atom is 0.269 e. The first-order valence-corrected chi connectivity index (χ1v) is 7.60. The van der Waals surface area contributed by atoms with Crippen molar-refractivity contribution in [3.05, 3.63) is 59.3 Å². The van der Waals surface area contributed by atoms with E-state index >= 15 is 0 Å². The predicted octanol–water partition coefficient (Wildman–Crippen LogP) is 3.04. The van der Waals surface area contributed by atoms with Gasteiger partial charge in [0.15, 0.2) is 5.65 Å². The van der Waals surface area contributed by atoms with E-state index in [0.717, 1.165) is 3.97 Å². The number of halogens is 1. The second kappa shape index (κ2) is 4.47. The molecule has 4 nitrogen and oxygen atoms in total. The molecule has 0 aliphatic rings. The van der Waals surface area contributed by atoms with Gasteiger partial charge in [0.25, 0.3) is 10.0 Å². The lowest BCUT2D eigenvalue weighted by Gasteiger charge is -2.06. The molecule has 0 amide bonds. The lowest BCUT2D eigenvalue weighted by molar-refractivity contribution is 0.589. The molecule has 2 aromatic heterocycles. The number of aromatic nitrogens is 2. The molecule has 0 spiro atoms. The Morgan fingerprint density at radius 1 is 1.26 bits per heavy atom. The minimum absolute atomic E-state index is 0.0557. The third-order valence-corrected chi connectivity index (χ3v) is 4.65. The zero-order valence-electron chi connectivity index (χ0n) is 11.5.